The van der Waals surface area contributed by atoms with E-state index in [9.17, 15) is 0 Å². The molecule has 0 aromatic carbocycles. The maximum absolute atomic E-state index is 4.31. The number of anilines is 1. The number of aromatic nitrogens is 2. The topological polar surface area (TPSA) is 41.0 Å². The second-order valence-electron chi connectivity index (χ2n) is 4.27. The van der Waals surface area contributed by atoms with Crippen molar-refractivity contribution in [3.8, 4) is 0 Å². The van der Waals surface area contributed by atoms with Crippen LogP contribution in [0, 0.1) is 5.92 Å². The van der Waals surface area contributed by atoms with Crippen molar-refractivity contribution in [3.05, 3.63) is 18.1 Å². The van der Waals surface area contributed by atoms with Crippen LogP contribution < -0.4 is 5.32 Å². The van der Waals surface area contributed by atoms with Gasteiger partial charge in [-0.3, -0.25) is 0 Å². The van der Waals surface area contributed by atoms with E-state index in [4.69, 9.17) is 0 Å². The van der Waals surface area contributed by atoms with Gasteiger partial charge in [0, 0.05) is 25.4 Å². The summed E-state index contributed by atoms with van der Waals surface area (Å²) in [5.74, 6) is 1.67. The summed E-state index contributed by atoms with van der Waals surface area (Å²) >= 11 is 0. The third kappa shape index (κ3) is 4.30. The Bertz CT molecular complexity index is 327. The predicted octanol–water partition coefficient (Wildman–Crippen LogP) is 2.04. The second kappa shape index (κ2) is 7.22. The minimum atomic E-state index is 0.759. The molecule has 0 aliphatic carbocycles. The molecule has 1 fully saturated rings. The highest BCUT2D eigenvalue weighted by Gasteiger charge is 2.20. The van der Waals surface area contributed by atoms with Gasteiger partial charge in [0.05, 0.1) is 0 Å². The van der Waals surface area contributed by atoms with Crippen molar-refractivity contribution in [2.45, 2.75) is 26.7 Å². The van der Waals surface area contributed by atoms with Crippen molar-refractivity contribution in [2.24, 2.45) is 5.92 Å². The molecule has 2 rings (SSSR count). The van der Waals surface area contributed by atoms with Gasteiger partial charge >= 0.3 is 0 Å². The van der Waals surface area contributed by atoms with Crippen molar-refractivity contribution < 1.29 is 0 Å². The molecule has 4 heteroatoms. The van der Waals surface area contributed by atoms with E-state index in [1.54, 1.807) is 6.33 Å². The molecule has 1 aliphatic heterocycles. The van der Waals surface area contributed by atoms with Crippen molar-refractivity contribution in [3.63, 3.8) is 0 Å². The molecule has 1 N–H and O–H groups in total. The van der Waals surface area contributed by atoms with Gasteiger partial charge in [-0.2, -0.15) is 0 Å². The lowest BCUT2D eigenvalue weighted by molar-refractivity contribution is 0.393. The zero-order valence-corrected chi connectivity index (χ0v) is 11.4. The van der Waals surface area contributed by atoms with Crippen molar-refractivity contribution in [1.29, 1.82) is 0 Å². The van der Waals surface area contributed by atoms with Gasteiger partial charge < -0.3 is 10.2 Å². The molecule has 1 aromatic rings. The Morgan fingerprint density at radius 2 is 2.18 bits per heavy atom. The Labute approximate surface area is 104 Å². The average Bonchev–Trinajstić information content (AvgIpc) is 2.77. The summed E-state index contributed by atoms with van der Waals surface area (Å²) in [5.41, 5.74) is 1.15. The third-order valence-electron chi connectivity index (χ3n) is 2.97. The number of rotatable bonds is 3. The van der Waals surface area contributed by atoms with E-state index in [0.717, 1.165) is 23.9 Å². The van der Waals surface area contributed by atoms with Crippen LogP contribution in [0.1, 0.15) is 26.0 Å². The lowest BCUT2D eigenvalue weighted by Gasteiger charge is -2.10. The summed E-state index contributed by atoms with van der Waals surface area (Å²) in [6.07, 6.45) is 4.00. The van der Waals surface area contributed by atoms with Gasteiger partial charge in [-0.25, -0.2) is 9.97 Å². The minimum absolute atomic E-state index is 0.759. The number of hydrogen-bond donors (Lipinski definition) is 1. The van der Waals surface area contributed by atoms with Crippen molar-refractivity contribution >= 4 is 5.82 Å². The molecule has 17 heavy (non-hydrogen) atoms. The van der Waals surface area contributed by atoms with E-state index < -0.39 is 0 Å². The number of nitrogens with one attached hydrogen (secondary N) is 1. The van der Waals surface area contributed by atoms with Crippen LogP contribution in [0.2, 0.25) is 0 Å². The Kier molecular flexibility index (Phi) is 5.91. The Hall–Kier alpha value is -1.16. The molecular formula is C13H24N4. The van der Waals surface area contributed by atoms with Gasteiger partial charge in [-0.05, 0) is 32.4 Å². The number of likely N-dealkylation sites (tertiary alicyclic amines) is 1. The van der Waals surface area contributed by atoms with Gasteiger partial charge in [-0.1, -0.05) is 13.8 Å². The Morgan fingerprint density at radius 3 is 2.76 bits per heavy atom. The van der Waals surface area contributed by atoms with Crippen LogP contribution in [-0.4, -0.2) is 42.1 Å². The van der Waals surface area contributed by atoms with E-state index in [1.807, 2.05) is 27.0 Å². The second-order valence-corrected chi connectivity index (χ2v) is 4.27. The highest BCUT2D eigenvalue weighted by atomic mass is 15.1. The fourth-order valence-electron chi connectivity index (χ4n) is 2.13. The molecule has 0 spiro atoms. The van der Waals surface area contributed by atoms with Gasteiger partial charge in [0.15, 0.2) is 0 Å². The van der Waals surface area contributed by atoms with E-state index in [0.29, 0.717) is 0 Å². The number of hydrogen-bond acceptors (Lipinski definition) is 4. The summed E-state index contributed by atoms with van der Waals surface area (Å²) in [6, 6.07) is 2.04. The average molecular weight is 236 g/mol. The molecule has 1 unspecified atom stereocenters. The maximum Gasteiger partial charge on any atom is 0.129 e. The van der Waals surface area contributed by atoms with Gasteiger partial charge in [-0.15, -0.1) is 0 Å². The molecule has 1 saturated heterocycles. The van der Waals surface area contributed by atoms with E-state index in [2.05, 4.69) is 27.2 Å². The SMILES string of the molecule is CC.CNc1cc(CC2CCN(C)C2)ncn1. The van der Waals surface area contributed by atoms with E-state index in [-0.39, 0.29) is 0 Å². The fraction of sp³-hybridized carbons (Fsp3) is 0.692. The molecule has 0 saturated carbocycles. The smallest absolute Gasteiger partial charge is 0.129 e. The largest absolute Gasteiger partial charge is 0.373 e. The summed E-state index contributed by atoms with van der Waals surface area (Å²) < 4.78 is 0. The van der Waals surface area contributed by atoms with Crippen LogP contribution in [0.4, 0.5) is 5.82 Å². The van der Waals surface area contributed by atoms with E-state index >= 15 is 0 Å². The fourth-order valence-corrected chi connectivity index (χ4v) is 2.13. The van der Waals surface area contributed by atoms with E-state index in [1.165, 1.54) is 19.5 Å². The summed E-state index contributed by atoms with van der Waals surface area (Å²) in [7, 11) is 4.06. The predicted molar refractivity (Wildman–Crippen MR) is 72.2 cm³/mol. The first-order valence-electron chi connectivity index (χ1n) is 6.45. The van der Waals surface area contributed by atoms with Crippen LogP contribution in [0.25, 0.3) is 0 Å². The monoisotopic (exact) mass is 236 g/mol. The maximum atomic E-state index is 4.31. The normalized spacial score (nSPS) is 19.6. The molecule has 4 nitrogen and oxygen atoms in total. The zero-order chi connectivity index (χ0) is 12.7. The Morgan fingerprint density at radius 1 is 1.41 bits per heavy atom. The van der Waals surface area contributed by atoms with Crippen LogP contribution in [0.5, 0.6) is 0 Å². The minimum Gasteiger partial charge on any atom is -0.373 e. The lowest BCUT2D eigenvalue weighted by Crippen LogP contribution is -2.15. The molecular weight excluding hydrogens is 212 g/mol. The van der Waals surface area contributed by atoms with Crippen LogP contribution >= 0.6 is 0 Å². The first-order chi connectivity index (χ1) is 8.28. The van der Waals surface area contributed by atoms with Gasteiger partial charge in [0.2, 0.25) is 0 Å². The van der Waals surface area contributed by atoms with Gasteiger partial charge in [0.1, 0.15) is 12.1 Å². The quantitative estimate of drug-likeness (QED) is 0.872. The molecule has 1 aromatic heterocycles. The third-order valence-corrected chi connectivity index (χ3v) is 2.97. The molecule has 0 radical (unpaired) electrons. The highest BCUT2D eigenvalue weighted by Crippen LogP contribution is 2.19. The molecule has 2 heterocycles. The first-order valence-corrected chi connectivity index (χ1v) is 6.45. The summed E-state index contributed by atoms with van der Waals surface area (Å²) in [4.78, 5) is 10.8. The molecule has 1 aliphatic rings. The van der Waals surface area contributed by atoms with Crippen molar-refractivity contribution in [2.75, 3.05) is 32.5 Å². The van der Waals surface area contributed by atoms with Crippen molar-refractivity contribution in [1.82, 2.24) is 14.9 Å². The Balaban J connectivity index is 0.000000686. The van der Waals surface area contributed by atoms with Gasteiger partial charge in [0.25, 0.3) is 0 Å². The number of nitrogens with zero attached hydrogens (tertiary/aromatic N) is 3. The molecule has 1 atom stereocenters. The molecule has 0 bridgehead atoms. The van der Waals surface area contributed by atoms with Crippen LogP contribution in [0.15, 0.2) is 12.4 Å². The van der Waals surface area contributed by atoms with Crippen LogP contribution in [0.3, 0.4) is 0 Å². The first kappa shape index (κ1) is 13.9. The van der Waals surface area contributed by atoms with Crippen LogP contribution in [-0.2, 0) is 6.42 Å². The molecule has 96 valence electrons. The summed E-state index contributed by atoms with van der Waals surface area (Å²) in [6.45, 7) is 6.41. The summed E-state index contributed by atoms with van der Waals surface area (Å²) in [5, 5.41) is 3.04. The lowest BCUT2D eigenvalue weighted by atomic mass is 10.0. The standard InChI is InChI=1S/C11H18N4.C2H6/c1-12-11-6-10(13-8-14-11)5-9-3-4-15(2)7-9;1-2/h6,8-9H,3-5,7H2,1-2H3,(H,12,13,14);1-2H3. The molecule has 0 amide bonds. The zero-order valence-electron chi connectivity index (χ0n) is 11.4. The highest BCUT2D eigenvalue weighted by molar-refractivity contribution is 5.33.